The molecule has 0 saturated carbocycles. The molecule has 2 atom stereocenters. The van der Waals surface area contributed by atoms with Crippen molar-refractivity contribution in [3.05, 3.63) is 0 Å². The molecule has 20 heavy (non-hydrogen) atoms. The van der Waals surface area contributed by atoms with Gasteiger partial charge in [0.15, 0.2) is 0 Å². The first kappa shape index (κ1) is 18.9. The molecule has 0 heterocycles. The molecule has 0 saturated heterocycles. The van der Waals surface area contributed by atoms with Gasteiger partial charge in [0.25, 0.3) is 0 Å². The van der Waals surface area contributed by atoms with Gasteiger partial charge >= 0.3 is 0 Å². The van der Waals surface area contributed by atoms with Crippen molar-refractivity contribution in [2.24, 2.45) is 0 Å². The van der Waals surface area contributed by atoms with E-state index in [0.29, 0.717) is 19.6 Å². The van der Waals surface area contributed by atoms with E-state index in [9.17, 15) is 9.59 Å². The molecule has 2 N–H and O–H groups in total. The molecule has 0 fully saturated rings. The normalized spacial score (nSPS) is 15.6. The standard InChI is InChI=1S/C14H29N3O3/c1-11(16-12(2)18)14(3,17(4)5)8-9-15-13(19)7-10-20-6/h11H,7-10H2,1-6H3,(H,15,19)(H,16,18). The smallest absolute Gasteiger partial charge is 0.222 e. The zero-order valence-corrected chi connectivity index (χ0v) is 13.6. The van der Waals surface area contributed by atoms with E-state index in [2.05, 4.69) is 22.5 Å². The predicted octanol–water partition coefficient (Wildman–Crippen LogP) is 0.374. The van der Waals surface area contributed by atoms with Gasteiger partial charge in [-0.25, -0.2) is 0 Å². The maximum Gasteiger partial charge on any atom is 0.222 e. The number of amides is 2. The third-order valence-electron chi connectivity index (χ3n) is 3.86. The van der Waals surface area contributed by atoms with E-state index >= 15 is 0 Å². The van der Waals surface area contributed by atoms with Crippen LogP contribution in [0.3, 0.4) is 0 Å². The van der Waals surface area contributed by atoms with Gasteiger partial charge in [0.05, 0.1) is 6.61 Å². The lowest BCUT2D eigenvalue weighted by Crippen LogP contribution is -2.57. The minimum absolute atomic E-state index is 0.00845. The summed E-state index contributed by atoms with van der Waals surface area (Å²) in [5, 5.41) is 5.80. The van der Waals surface area contributed by atoms with Crippen molar-refractivity contribution in [1.82, 2.24) is 15.5 Å². The second kappa shape index (κ2) is 8.92. The van der Waals surface area contributed by atoms with Crippen molar-refractivity contribution in [3.8, 4) is 0 Å². The van der Waals surface area contributed by atoms with E-state index < -0.39 is 0 Å². The summed E-state index contributed by atoms with van der Waals surface area (Å²) in [4.78, 5) is 24.8. The molecule has 0 aliphatic carbocycles. The van der Waals surface area contributed by atoms with Crippen molar-refractivity contribution >= 4 is 11.8 Å². The number of methoxy groups -OCH3 is 1. The van der Waals surface area contributed by atoms with E-state index in [1.165, 1.54) is 6.92 Å². The molecule has 0 spiro atoms. The van der Waals surface area contributed by atoms with Gasteiger partial charge in [0.1, 0.15) is 0 Å². The Bertz CT molecular complexity index is 321. The lowest BCUT2D eigenvalue weighted by atomic mass is 9.88. The quantitative estimate of drug-likeness (QED) is 0.643. The van der Waals surface area contributed by atoms with E-state index in [4.69, 9.17) is 4.74 Å². The minimum Gasteiger partial charge on any atom is -0.384 e. The number of nitrogens with zero attached hydrogens (tertiary/aromatic N) is 1. The number of carbonyl (C=O) groups is 2. The molecule has 2 unspecified atom stereocenters. The minimum atomic E-state index is -0.222. The highest BCUT2D eigenvalue weighted by atomic mass is 16.5. The maximum absolute atomic E-state index is 11.5. The third kappa shape index (κ3) is 6.34. The summed E-state index contributed by atoms with van der Waals surface area (Å²) in [6, 6.07) is -0.00845. The van der Waals surface area contributed by atoms with Crippen molar-refractivity contribution < 1.29 is 14.3 Å². The highest BCUT2D eigenvalue weighted by Gasteiger charge is 2.33. The van der Waals surface area contributed by atoms with E-state index in [1.54, 1.807) is 7.11 Å². The first-order chi connectivity index (χ1) is 9.24. The number of likely N-dealkylation sites (N-methyl/N-ethyl adjacent to an activating group) is 1. The molecule has 0 aliphatic heterocycles. The first-order valence-corrected chi connectivity index (χ1v) is 6.94. The Morgan fingerprint density at radius 1 is 1.35 bits per heavy atom. The van der Waals surface area contributed by atoms with Crippen LogP contribution >= 0.6 is 0 Å². The molecule has 6 nitrogen and oxygen atoms in total. The Labute approximate surface area is 122 Å². The number of carbonyl (C=O) groups excluding carboxylic acids is 2. The molecular weight excluding hydrogens is 258 g/mol. The van der Waals surface area contributed by atoms with Crippen LogP contribution in [0.1, 0.15) is 33.6 Å². The number of rotatable bonds is 9. The van der Waals surface area contributed by atoms with Crippen LogP contribution in [0.5, 0.6) is 0 Å². The van der Waals surface area contributed by atoms with E-state index in [-0.39, 0.29) is 23.4 Å². The summed E-state index contributed by atoms with van der Waals surface area (Å²) in [5.74, 6) is -0.0603. The van der Waals surface area contributed by atoms with Gasteiger partial charge in [-0.05, 0) is 34.4 Å². The molecule has 0 bridgehead atoms. The van der Waals surface area contributed by atoms with Gasteiger partial charge in [-0.15, -0.1) is 0 Å². The Morgan fingerprint density at radius 2 is 1.95 bits per heavy atom. The fourth-order valence-corrected chi connectivity index (χ4v) is 2.03. The second-order valence-corrected chi connectivity index (χ2v) is 5.52. The van der Waals surface area contributed by atoms with Crippen LogP contribution in [0.4, 0.5) is 0 Å². The summed E-state index contributed by atoms with van der Waals surface area (Å²) in [7, 11) is 5.53. The van der Waals surface area contributed by atoms with Gasteiger partial charge in [-0.2, -0.15) is 0 Å². The first-order valence-electron chi connectivity index (χ1n) is 6.94. The highest BCUT2D eigenvalue weighted by Crippen LogP contribution is 2.20. The zero-order chi connectivity index (χ0) is 15.8. The molecule has 118 valence electrons. The molecule has 0 radical (unpaired) electrons. The monoisotopic (exact) mass is 287 g/mol. The average Bonchev–Trinajstić information content (AvgIpc) is 2.34. The van der Waals surface area contributed by atoms with Crippen molar-refractivity contribution in [3.63, 3.8) is 0 Å². The maximum atomic E-state index is 11.5. The summed E-state index contributed by atoms with van der Waals surface area (Å²) < 4.78 is 4.86. The molecule has 0 aromatic carbocycles. The van der Waals surface area contributed by atoms with Gasteiger partial charge in [0, 0.05) is 38.6 Å². The average molecular weight is 287 g/mol. The predicted molar refractivity (Wildman–Crippen MR) is 79.5 cm³/mol. The van der Waals surface area contributed by atoms with Gasteiger partial charge in [0.2, 0.25) is 11.8 Å². The van der Waals surface area contributed by atoms with Crippen LogP contribution in [0.25, 0.3) is 0 Å². The zero-order valence-electron chi connectivity index (χ0n) is 13.6. The Hall–Kier alpha value is -1.14. The van der Waals surface area contributed by atoms with Crippen LogP contribution in [0, 0.1) is 0 Å². The largest absolute Gasteiger partial charge is 0.384 e. The SMILES string of the molecule is COCCC(=O)NCCC(C)(C(C)NC(C)=O)N(C)C. The molecule has 0 aromatic rings. The fourth-order valence-electron chi connectivity index (χ4n) is 2.03. The number of hydrogen-bond donors (Lipinski definition) is 2. The van der Waals surface area contributed by atoms with Gasteiger partial charge < -0.3 is 20.3 Å². The summed E-state index contributed by atoms with van der Waals surface area (Å²) in [5.41, 5.74) is -0.222. The van der Waals surface area contributed by atoms with E-state index in [1.807, 2.05) is 21.0 Å². The van der Waals surface area contributed by atoms with Crippen molar-refractivity contribution in [1.29, 1.82) is 0 Å². The van der Waals surface area contributed by atoms with Crippen LogP contribution < -0.4 is 10.6 Å². The molecule has 0 rings (SSSR count). The van der Waals surface area contributed by atoms with Crippen LogP contribution in [0.2, 0.25) is 0 Å². The lowest BCUT2D eigenvalue weighted by molar-refractivity contribution is -0.123. The van der Waals surface area contributed by atoms with E-state index in [0.717, 1.165) is 6.42 Å². The van der Waals surface area contributed by atoms with Crippen LogP contribution in [-0.2, 0) is 14.3 Å². The summed E-state index contributed by atoms with van der Waals surface area (Å²) in [6.07, 6.45) is 1.12. The van der Waals surface area contributed by atoms with Gasteiger partial charge in [-0.3, -0.25) is 9.59 Å². The third-order valence-corrected chi connectivity index (χ3v) is 3.86. The van der Waals surface area contributed by atoms with Crippen LogP contribution in [-0.4, -0.2) is 62.7 Å². The fraction of sp³-hybridized carbons (Fsp3) is 0.857. The van der Waals surface area contributed by atoms with Crippen molar-refractivity contribution in [2.75, 3.05) is 34.4 Å². The summed E-state index contributed by atoms with van der Waals surface area (Å²) >= 11 is 0. The Kier molecular flexibility index (Phi) is 8.41. The number of ether oxygens (including phenoxy) is 1. The van der Waals surface area contributed by atoms with Crippen molar-refractivity contribution in [2.45, 2.75) is 45.2 Å². The molecule has 0 aromatic heterocycles. The second-order valence-electron chi connectivity index (χ2n) is 5.52. The Morgan fingerprint density at radius 3 is 2.40 bits per heavy atom. The molecule has 2 amide bonds. The molecule has 6 heteroatoms. The topological polar surface area (TPSA) is 70.7 Å². The number of hydrogen-bond acceptors (Lipinski definition) is 4. The van der Waals surface area contributed by atoms with Gasteiger partial charge in [-0.1, -0.05) is 0 Å². The highest BCUT2D eigenvalue weighted by molar-refractivity contribution is 5.76. The lowest BCUT2D eigenvalue weighted by Gasteiger charge is -2.42. The Balaban J connectivity index is 4.40. The molecular formula is C14H29N3O3. The van der Waals surface area contributed by atoms with Crippen LogP contribution in [0.15, 0.2) is 0 Å². The number of nitrogens with one attached hydrogen (secondary N) is 2. The molecule has 0 aliphatic rings. The summed E-state index contributed by atoms with van der Waals surface area (Å²) in [6.45, 7) is 6.57.